The van der Waals surface area contributed by atoms with E-state index in [-0.39, 0.29) is 12.3 Å². The number of nitrogens with zero attached hydrogens (tertiary/aromatic N) is 1. The average Bonchev–Trinajstić information content (AvgIpc) is 2.99. The van der Waals surface area contributed by atoms with Gasteiger partial charge in [0.1, 0.15) is 5.75 Å². The monoisotopic (exact) mass is 307 g/mol. The van der Waals surface area contributed by atoms with Crippen LogP contribution in [0.1, 0.15) is 11.1 Å². The summed E-state index contributed by atoms with van der Waals surface area (Å²) in [4.78, 5) is 15.1. The molecule has 0 radical (unpaired) electrons. The Morgan fingerprint density at radius 2 is 2.00 bits per heavy atom. The zero-order valence-corrected chi connectivity index (χ0v) is 12.7. The van der Waals surface area contributed by atoms with Gasteiger partial charge >= 0.3 is 0 Å². The first-order chi connectivity index (χ1) is 11.3. The number of hydrazone groups is 1. The number of benzene rings is 2. The zero-order valence-electron chi connectivity index (χ0n) is 12.7. The minimum Gasteiger partial charge on any atom is -0.497 e. The van der Waals surface area contributed by atoms with Gasteiger partial charge in [-0.2, -0.15) is 5.10 Å². The molecular weight excluding hydrogens is 290 g/mol. The summed E-state index contributed by atoms with van der Waals surface area (Å²) >= 11 is 0. The molecule has 5 heteroatoms. The molecule has 0 fully saturated rings. The number of amides is 1. The quantitative estimate of drug-likeness (QED) is 0.562. The highest BCUT2D eigenvalue weighted by atomic mass is 16.5. The lowest BCUT2D eigenvalue weighted by molar-refractivity contribution is -0.120. The maximum Gasteiger partial charge on any atom is 0.244 e. The first-order valence-corrected chi connectivity index (χ1v) is 7.27. The van der Waals surface area contributed by atoms with Crippen LogP contribution in [0.15, 0.2) is 59.8 Å². The first-order valence-electron chi connectivity index (χ1n) is 7.27. The molecule has 23 heavy (non-hydrogen) atoms. The summed E-state index contributed by atoms with van der Waals surface area (Å²) < 4.78 is 5.09. The van der Waals surface area contributed by atoms with Gasteiger partial charge in [-0.15, -0.1) is 0 Å². The predicted octanol–water partition coefficient (Wildman–Crippen LogP) is 2.87. The van der Waals surface area contributed by atoms with Crippen molar-refractivity contribution in [2.24, 2.45) is 5.10 Å². The molecule has 0 saturated heterocycles. The molecule has 1 heterocycles. The number of para-hydroxylation sites is 1. The molecule has 0 aliphatic heterocycles. The third-order valence-electron chi connectivity index (χ3n) is 3.54. The van der Waals surface area contributed by atoms with Crippen molar-refractivity contribution in [2.75, 3.05) is 7.11 Å². The Hall–Kier alpha value is -3.08. The Kier molecular flexibility index (Phi) is 4.38. The number of nitrogens with one attached hydrogen (secondary N) is 2. The normalized spacial score (nSPS) is 11.0. The second-order valence-corrected chi connectivity index (χ2v) is 5.11. The lowest BCUT2D eigenvalue weighted by Gasteiger charge is -2.02. The van der Waals surface area contributed by atoms with E-state index in [0.29, 0.717) is 0 Å². The molecule has 0 bridgehead atoms. The number of rotatable bonds is 5. The Morgan fingerprint density at radius 1 is 1.22 bits per heavy atom. The molecule has 2 aromatic carbocycles. The topological polar surface area (TPSA) is 66.5 Å². The van der Waals surface area contributed by atoms with Crippen LogP contribution < -0.4 is 10.2 Å². The van der Waals surface area contributed by atoms with E-state index in [0.717, 1.165) is 27.8 Å². The third kappa shape index (κ3) is 3.58. The smallest absolute Gasteiger partial charge is 0.244 e. The SMILES string of the molecule is COc1ccc(CC(=O)N/N=C\c2c[nH]c3ccccc23)cc1. The van der Waals surface area contributed by atoms with Gasteiger partial charge in [-0.1, -0.05) is 30.3 Å². The molecule has 0 aliphatic rings. The number of hydrogen-bond donors (Lipinski definition) is 2. The van der Waals surface area contributed by atoms with Crippen molar-refractivity contribution in [1.29, 1.82) is 0 Å². The van der Waals surface area contributed by atoms with Crippen molar-refractivity contribution >= 4 is 23.0 Å². The van der Waals surface area contributed by atoms with E-state index in [4.69, 9.17) is 4.74 Å². The zero-order chi connectivity index (χ0) is 16.1. The fourth-order valence-corrected chi connectivity index (χ4v) is 2.34. The Balaban J connectivity index is 1.59. The number of hydrogen-bond acceptors (Lipinski definition) is 3. The van der Waals surface area contributed by atoms with Gasteiger partial charge in [0.15, 0.2) is 0 Å². The highest BCUT2D eigenvalue weighted by Crippen LogP contribution is 2.15. The minimum atomic E-state index is -0.161. The van der Waals surface area contributed by atoms with Crippen LogP contribution in [0.4, 0.5) is 0 Å². The summed E-state index contributed by atoms with van der Waals surface area (Å²) in [6.45, 7) is 0. The van der Waals surface area contributed by atoms with Crippen molar-refractivity contribution in [3.8, 4) is 5.75 Å². The number of aromatic nitrogens is 1. The standard InChI is InChI=1S/C18H17N3O2/c1-23-15-8-6-13(7-9-15)10-18(22)21-20-12-14-11-19-17-5-3-2-4-16(14)17/h2-9,11-12,19H,10H2,1H3,(H,21,22)/b20-12-. The van der Waals surface area contributed by atoms with Crippen LogP contribution in [-0.4, -0.2) is 24.2 Å². The van der Waals surface area contributed by atoms with Gasteiger partial charge in [0.05, 0.1) is 19.7 Å². The Morgan fingerprint density at radius 3 is 2.78 bits per heavy atom. The summed E-state index contributed by atoms with van der Waals surface area (Å²) in [5.41, 5.74) is 5.43. The van der Waals surface area contributed by atoms with Gasteiger partial charge in [0.25, 0.3) is 0 Å². The van der Waals surface area contributed by atoms with E-state index in [2.05, 4.69) is 15.5 Å². The van der Waals surface area contributed by atoms with Gasteiger partial charge in [0, 0.05) is 22.7 Å². The second kappa shape index (κ2) is 6.79. The Labute approximate surface area is 134 Å². The lowest BCUT2D eigenvalue weighted by atomic mass is 10.1. The molecule has 2 N–H and O–H groups in total. The molecule has 0 saturated carbocycles. The van der Waals surface area contributed by atoms with Gasteiger partial charge < -0.3 is 9.72 Å². The van der Waals surface area contributed by atoms with E-state index in [1.165, 1.54) is 0 Å². The maximum absolute atomic E-state index is 11.9. The number of ether oxygens (including phenoxy) is 1. The van der Waals surface area contributed by atoms with Crippen LogP contribution in [0, 0.1) is 0 Å². The minimum absolute atomic E-state index is 0.161. The largest absolute Gasteiger partial charge is 0.497 e. The van der Waals surface area contributed by atoms with E-state index >= 15 is 0 Å². The third-order valence-corrected chi connectivity index (χ3v) is 3.54. The first kappa shape index (κ1) is 14.8. The van der Waals surface area contributed by atoms with E-state index in [9.17, 15) is 4.79 Å². The number of H-pyrrole nitrogens is 1. The van der Waals surface area contributed by atoms with Crippen molar-refractivity contribution < 1.29 is 9.53 Å². The van der Waals surface area contributed by atoms with Crippen LogP contribution in [-0.2, 0) is 11.2 Å². The van der Waals surface area contributed by atoms with Crippen LogP contribution in [0.3, 0.4) is 0 Å². The number of methoxy groups -OCH3 is 1. The Bertz CT molecular complexity index is 835. The summed E-state index contributed by atoms with van der Waals surface area (Å²) in [7, 11) is 1.61. The molecule has 0 spiro atoms. The highest BCUT2D eigenvalue weighted by Gasteiger charge is 2.03. The number of carbonyl (C=O) groups excluding carboxylic acids is 1. The highest BCUT2D eigenvalue weighted by molar-refractivity contribution is 5.99. The van der Waals surface area contributed by atoms with Gasteiger partial charge in [-0.25, -0.2) is 5.43 Å². The molecule has 3 rings (SSSR count). The van der Waals surface area contributed by atoms with Crippen molar-refractivity contribution in [2.45, 2.75) is 6.42 Å². The van der Waals surface area contributed by atoms with Crippen molar-refractivity contribution in [1.82, 2.24) is 10.4 Å². The maximum atomic E-state index is 11.9. The second-order valence-electron chi connectivity index (χ2n) is 5.11. The molecule has 0 unspecified atom stereocenters. The molecule has 0 aliphatic carbocycles. The molecule has 1 amide bonds. The van der Waals surface area contributed by atoms with Gasteiger partial charge in [-0.05, 0) is 23.8 Å². The predicted molar refractivity (Wildman–Crippen MR) is 90.7 cm³/mol. The van der Waals surface area contributed by atoms with Crippen molar-refractivity contribution in [3.05, 3.63) is 65.9 Å². The number of fused-ring (bicyclic) bond motifs is 1. The van der Waals surface area contributed by atoms with Crippen LogP contribution >= 0.6 is 0 Å². The molecule has 1 aromatic heterocycles. The van der Waals surface area contributed by atoms with E-state index in [1.807, 2.05) is 54.7 Å². The molecular formula is C18H17N3O2. The number of aromatic amines is 1. The number of carbonyl (C=O) groups is 1. The van der Waals surface area contributed by atoms with Crippen LogP contribution in [0.5, 0.6) is 5.75 Å². The van der Waals surface area contributed by atoms with Gasteiger partial charge in [0.2, 0.25) is 5.91 Å². The molecule has 5 nitrogen and oxygen atoms in total. The summed E-state index contributed by atoms with van der Waals surface area (Å²) in [6.07, 6.45) is 3.78. The van der Waals surface area contributed by atoms with Crippen molar-refractivity contribution in [3.63, 3.8) is 0 Å². The summed E-state index contributed by atoms with van der Waals surface area (Å²) in [6, 6.07) is 15.3. The van der Waals surface area contributed by atoms with Crippen LogP contribution in [0.2, 0.25) is 0 Å². The van der Waals surface area contributed by atoms with E-state index in [1.54, 1.807) is 13.3 Å². The average molecular weight is 307 g/mol. The lowest BCUT2D eigenvalue weighted by Crippen LogP contribution is -2.19. The molecule has 3 aromatic rings. The summed E-state index contributed by atoms with van der Waals surface area (Å²) in [5, 5.41) is 5.09. The summed E-state index contributed by atoms with van der Waals surface area (Å²) in [5.74, 6) is 0.609. The fourth-order valence-electron chi connectivity index (χ4n) is 2.34. The molecule has 116 valence electrons. The van der Waals surface area contributed by atoms with E-state index < -0.39 is 0 Å². The fraction of sp³-hybridized carbons (Fsp3) is 0.111. The van der Waals surface area contributed by atoms with Gasteiger partial charge in [-0.3, -0.25) is 4.79 Å². The molecule has 0 atom stereocenters. The van der Waals surface area contributed by atoms with Crippen LogP contribution in [0.25, 0.3) is 10.9 Å².